The fourth-order valence-electron chi connectivity index (χ4n) is 3.62. The number of ether oxygens (including phenoxy) is 2. The second-order valence-corrected chi connectivity index (χ2v) is 8.32. The topological polar surface area (TPSA) is 102 Å². The van der Waals surface area contributed by atoms with E-state index in [-0.39, 0.29) is 12.3 Å². The maximum absolute atomic E-state index is 12.7. The summed E-state index contributed by atoms with van der Waals surface area (Å²) >= 11 is 0. The summed E-state index contributed by atoms with van der Waals surface area (Å²) in [6, 6.07) is 23.5. The number of carbonyl (C=O) groups is 2. The van der Waals surface area contributed by atoms with Crippen molar-refractivity contribution in [3.8, 4) is 23.0 Å². The Balaban J connectivity index is 1.47. The molecule has 1 amide bonds. The average molecular weight is 511 g/mol. The molecule has 0 saturated carbocycles. The number of nitrogens with zero attached hydrogens (tertiary/aromatic N) is 2. The number of aliphatic carboxylic acids is 1. The van der Waals surface area contributed by atoms with Crippen LogP contribution in [0.3, 0.4) is 0 Å². The van der Waals surface area contributed by atoms with Crippen molar-refractivity contribution in [3.63, 3.8) is 0 Å². The van der Waals surface area contributed by atoms with Gasteiger partial charge in [0.25, 0.3) is 0 Å². The molecule has 0 spiro atoms. The molecule has 38 heavy (non-hydrogen) atoms. The zero-order valence-electron chi connectivity index (χ0n) is 21.0. The highest BCUT2D eigenvalue weighted by Gasteiger charge is 2.19. The zero-order chi connectivity index (χ0) is 26.9. The predicted molar refractivity (Wildman–Crippen MR) is 143 cm³/mol. The van der Waals surface area contributed by atoms with Crippen molar-refractivity contribution in [2.45, 2.75) is 13.5 Å². The van der Waals surface area contributed by atoms with Gasteiger partial charge in [-0.05, 0) is 66.6 Å². The van der Waals surface area contributed by atoms with Crippen molar-refractivity contribution < 1.29 is 28.6 Å². The van der Waals surface area contributed by atoms with Gasteiger partial charge in [0.2, 0.25) is 5.89 Å². The molecule has 0 atom stereocenters. The fourth-order valence-corrected chi connectivity index (χ4v) is 3.62. The Morgan fingerprint density at radius 1 is 1.00 bits per heavy atom. The van der Waals surface area contributed by atoms with Gasteiger partial charge in [0.05, 0.1) is 7.11 Å². The Bertz CT molecular complexity index is 1470. The van der Waals surface area contributed by atoms with Crippen LogP contribution >= 0.6 is 0 Å². The van der Waals surface area contributed by atoms with Crippen LogP contribution in [-0.4, -0.2) is 40.7 Å². The van der Waals surface area contributed by atoms with Crippen LogP contribution in [0.5, 0.6) is 11.5 Å². The van der Waals surface area contributed by atoms with Gasteiger partial charge in [0, 0.05) is 18.2 Å². The number of carboxylic acids is 1. The van der Waals surface area contributed by atoms with Crippen molar-refractivity contribution in [3.05, 3.63) is 107 Å². The third-order valence-corrected chi connectivity index (χ3v) is 5.50. The fraction of sp³-hybridized carbons (Fsp3) is 0.133. The van der Waals surface area contributed by atoms with E-state index in [1.54, 1.807) is 36.4 Å². The van der Waals surface area contributed by atoms with Crippen LogP contribution in [0, 0.1) is 6.92 Å². The molecular formula is C30H26N2O6. The number of hydrogen-bond donors (Lipinski definition) is 1. The Hall–Kier alpha value is -5.07. The molecule has 8 heteroatoms. The minimum atomic E-state index is -1.14. The van der Waals surface area contributed by atoms with E-state index in [1.165, 1.54) is 7.11 Å². The number of hydrogen-bond acceptors (Lipinski definition) is 6. The standard InChI is InChI=1S/C30H26N2O6/c1-21-27(31-29(37-21)24-11-4-3-5-12-24)13-7-9-22-8-6-10-23(18-22)19-32(20-28(33)34)30(35)38-26-16-14-25(36-2)15-17-26/h3-6,8-18H,19-20H2,1-2H3,(H,33,34). The molecule has 8 nitrogen and oxygen atoms in total. The number of rotatable bonds is 9. The highest BCUT2D eigenvalue weighted by Crippen LogP contribution is 2.22. The van der Waals surface area contributed by atoms with Gasteiger partial charge in [0.1, 0.15) is 29.5 Å². The van der Waals surface area contributed by atoms with Gasteiger partial charge in [-0.25, -0.2) is 9.78 Å². The van der Waals surface area contributed by atoms with E-state index >= 15 is 0 Å². The number of carboxylic acid groups (broad SMARTS) is 1. The lowest BCUT2D eigenvalue weighted by Gasteiger charge is -2.20. The van der Waals surface area contributed by atoms with Crippen LogP contribution in [0.15, 0.2) is 89.0 Å². The number of benzene rings is 3. The summed E-state index contributed by atoms with van der Waals surface area (Å²) in [5, 5.41) is 9.32. The number of aryl methyl sites for hydroxylation is 1. The third-order valence-electron chi connectivity index (χ3n) is 5.50. The van der Waals surface area contributed by atoms with E-state index in [2.05, 4.69) is 10.7 Å². The van der Waals surface area contributed by atoms with Gasteiger partial charge in [0.15, 0.2) is 0 Å². The molecule has 4 aromatic rings. The summed E-state index contributed by atoms with van der Waals surface area (Å²) < 4.78 is 16.2. The average Bonchev–Trinajstić information content (AvgIpc) is 3.29. The number of oxazole rings is 1. The molecule has 0 fully saturated rings. The molecule has 1 heterocycles. The first kappa shape index (κ1) is 26.0. The third kappa shape index (κ3) is 7.00. The molecule has 0 aliphatic heterocycles. The Labute approximate surface area is 220 Å². The normalized spacial score (nSPS) is 10.3. The molecule has 0 unspecified atom stereocenters. The monoisotopic (exact) mass is 510 g/mol. The number of amides is 1. The largest absolute Gasteiger partial charge is 0.497 e. The van der Waals surface area contributed by atoms with E-state index in [0.29, 0.717) is 23.1 Å². The molecular weight excluding hydrogens is 484 g/mol. The van der Waals surface area contributed by atoms with Gasteiger partial charge in [-0.15, -0.1) is 5.73 Å². The predicted octanol–water partition coefficient (Wildman–Crippen LogP) is 6.07. The van der Waals surface area contributed by atoms with Crippen molar-refractivity contribution in [2.75, 3.05) is 13.7 Å². The van der Waals surface area contributed by atoms with E-state index in [4.69, 9.17) is 13.9 Å². The van der Waals surface area contributed by atoms with Crippen molar-refractivity contribution in [1.82, 2.24) is 9.88 Å². The second-order valence-electron chi connectivity index (χ2n) is 8.32. The van der Waals surface area contributed by atoms with Crippen LogP contribution in [0.4, 0.5) is 4.79 Å². The molecule has 0 aliphatic rings. The van der Waals surface area contributed by atoms with Crippen molar-refractivity contribution in [2.24, 2.45) is 0 Å². The van der Waals surface area contributed by atoms with Crippen LogP contribution < -0.4 is 9.47 Å². The molecule has 1 N–H and O–H groups in total. The minimum Gasteiger partial charge on any atom is -0.497 e. The van der Waals surface area contributed by atoms with Gasteiger partial charge >= 0.3 is 12.1 Å². The molecule has 1 aromatic heterocycles. The summed E-state index contributed by atoms with van der Waals surface area (Å²) in [6.07, 6.45) is 2.74. The SMILES string of the molecule is COc1ccc(OC(=O)N(CC(=O)O)Cc2cccc(C=C=Cc3nc(-c4ccccc4)oc3C)c2)cc1. The van der Waals surface area contributed by atoms with E-state index in [0.717, 1.165) is 21.6 Å². The quantitative estimate of drug-likeness (QED) is 0.273. The Morgan fingerprint density at radius 2 is 1.74 bits per heavy atom. The van der Waals surface area contributed by atoms with Gasteiger partial charge in [-0.2, -0.15) is 0 Å². The molecule has 0 radical (unpaired) electrons. The Morgan fingerprint density at radius 3 is 2.45 bits per heavy atom. The van der Waals surface area contributed by atoms with Crippen LogP contribution in [-0.2, 0) is 11.3 Å². The number of carbonyl (C=O) groups excluding carboxylic acids is 1. The second kappa shape index (κ2) is 12.3. The molecule has 192 valence electrons. The smallest absolute Gasteiger partial charge is 0.416 e. The maximum Gasteiger partial charge on any atom is 0.416 e. The Kier molecular flexibility index (Phi) is 8.39. The first-order valence-electron chi connectivity index (χ1n) is 11.8. The van der Waals surface area contributed by atoms with Crippen LogP contribution in [0.2, 0.25) is 0 Å². The van der Waals surface area contributed by atoms with Crippen LogP contribution in [0.1, 0.15) is 22.6 Å². The number of methoxy groups -OCH3 is 1. The lowest BCUT2D eigenvalue weighted by atomic mass is 10.1. The highest BCUT2D eigenvalue weighted by atomic mass is 16.6. The zero-order valence-corrected chi connectivity index (χ0v) is 21.0. The van der Waals surface area contributed by atoms with E-state index < -0.39 is 18.6 Å². The molecule has 0 saturated heterocycles. The first-order valence-corrected chi connectivity index (χ1v) is 11.8. The molecule has 0 aliphatic carbocycles. The van der Waals surface area contributed by atoms with E-state index in [1.807, 2.05) is 61.5 Å². The molecule has 4 rings (SSSR count). The summed E-state index contributed by atoms with van der Waals surface area (Å²) in [4.78, 5) is 29.8. The van der Waals surface area contributed by atoms with Gasteiger partial charge < -0.3 is 19.0 Å². The molecule has 3 aromatic carbocycles. The summed E-state index contributed by atoms with van der Waals surface area (Å²) in [7, 11) is 1.53. The van der Waals surface area contributed by atoms with Crippen molar-refractivity contribution >= 4 is 24.2 Å². The highest BCUT2D eigenvalue weighted by molar-refractivity contribution is 5.78. The molecule has 0 bridgehead atoms. The first-order chi connectivity index (χ1) is 18.4. The van der Waals surface area contributed by atoms with Crippen LogP contribution in [0.25, 0.3) is 23.6 Å². The number of aromatic nitrogens is 1. The summed E-state index contributed by atoms with van der Waals surface area (Å²) in [5.41, 5.74) is 6.24. The lowest BCUT2D eigenvalue weighted by molar-refractivity contribution is -0.138. The summed E-state index contributed by atoms with van der Waals surface area (Å²) in [5.74, 6) is 0.970. The van der Waals surface area contributed by atoms with Crippen molar-refractivity contribution in [1.29, 1.82) is 0 Å². The minimum absolute atomic E-state index is 0.0511. The maximum atomic E-state index is 12.7. The van der Waals surface area contributed by atoms with Gasteiger partial charge in [-0.1, -0.05) is 36.4 Å². The van der Waals surface area contributed by atoms with Gasteiger partial charge in [-0.3, -0.25) is 9.69 Å². The lowest BCUT2D eigenvalue weighted by Crippen LogP contribution is -2.37. The van der Waals surface area contributed by atoms with E-state index in [9.17, 15) is 14.7 Å². The summed E-state index contributed by atoms with van der Waals surface area (Å²) in [6.45, 7) is 1.38.